The fourth-order valence-corrected chi connectivity index (χ4v) is 5.44. The van der Waals surface area contributed by atoms with Gasteiger partial charge in [0.25, 0.3) is 0 Å². The second-order valence-electron chi connectivity index (χ2n) is 10.9. The number of hydrogen-bond acceptors (Lipinski definition) is 7. The van der Waals surface area contributed by atoms with Crippen LogP contribution < -0.4 is 4.74 Å². The number of epoxide rings is 2. The average molecular weight is 500 g/mol. The standard InChI is InChI=1S/C29H41NO6/c1-20(2)7-13-24-28(3,36-24)27-26(32-6)23(15-16-29(27)19-34-29)35-25(31)14-10-21-8-11-22(12-9-21)33-18-17-30(4)5/h7-12,14,23-24,26-27H,13,15-19H2,1-6H3/b14-10+. The van der Waals surface area contributed by atoms with Crippen molar-refractivity contribution in [3.63, 3.8) is 0 Å². The zero-order chi connectivity index (χ0) is 25.9. The van der Waals surface area contributed by atoms with E-state index in [0.29, 0.717) is 19.6 Å². The molecule has 2 saturated heterocycles. The van der Waals surface area contributed by atoms with Crippen LogP contribution in [-0.2, 0) is 23.7 Å². The van der Waals surface area contributed by atoms with E-state index in [4.69, 9.17) is 23.7 Å². The van der Waals surface area contributed by atoms with E-state index in [1.165, 1.54) is 11.6 Å². The number of carbonyl (C=O) groups excluding carboxylic acids is 1. The van der Waals surface area contributed by atoms with Gasteiger partial charge in [-0.2, -0.15) is 0 Å². The summed E-state index contributed by atoms with van der Waals surface area (Å²) in [6, 6.07) is 7.67. The molecule has 198 valence electrons. The highest BCUT2D eigenvalue weighted by molar-refractivity contribution is 5.87. The van der Waals surface area contributed by atoms with Crippen molar-refractivity contribution in [1.82, 2.24) is 4.90 Å². The van der Waals surface area contributed by atoms with Crippen LogP contribution in [0.15, 0.2) is 42.0 Å². The summed E-state index contributed by atoms with van der Waals surface area (Å²) in [5.74, 6) is 0.450. The third-order valence-corrected chi connectivity index (χ3v) is 7.60. The van der Waals surface area contributed by atoms with Crippen molar-refractivity contribution in [2.24, 2.45) is 5.92 Å². The third-order valence-electron chi connectivity index (χ3n) is 7.60. The van der Waals surface area contributed by atoms with E-state index in [-0.39, 0.29) is 41.4 Å². The lowest BCUT2D eigenvalue weighted by atomic mass is 9.68. The molecule has 1 aromatic carbocycles. The summed E-state index contributed by atoms with van der Waals surface area (Å²) in [5.41, 5.74) is 1.61. The molecule has 7 heteroatoms. The molecule has 0 radical (unpaired) electrons. The SMILES string of the molecule is COC1C(OC(=O)/C=C/c2ccc(OCCN(C)C)cc2)CCC2(CO2)C1C1(C)OC1CC=C(C)C. The molecule has 1 aliphatic carbocycles. The summed E-state index contributed by atoms with van der Waals surface area (Å²) >= 11 is 0. The summed E-state index contributed by atoms with van der Waals surface area (Å²) < 4.78 is 29.8. The molecular weight excluding hydrogens is 458 g/mol. The van der Waals surface area contributed by atoms with E-state index in [1.54, 1.807) is 13.2 Å². The van der Waals surface area contributed by atoms with Crippen molar-refractivity contribution in [3.8, 4) is 5.75 Å². The average Bonchev–Trinajstić information content (AvgIpc) is 3.75. The van der Waals surface area contributed by atoms with Gasteiger partial charge in [0.15, 0.2) is 0 Å². The van der Waals surface area contributed by atoms with Crippen LogP contribution in [0.3, 0.4) is 0 Å². The highest BCUT2D eigenvalue weighted by Crippen LogP contribution is 2.59. The van der Waals surface area contributed by atoms with E-state index in [1.807, 2.05) is 38.4 Å². The van der Waals surface area contributed by atoms with Crippen LogP contribution in [-0.4, -0.2) is 81.3 Å². The summed E-state index contributed by atoms with van der Waals surface area (Å²) in [6.45, 7) is 8.54. The smallest absolute Gasteiger partial charge is 0.331 e. The Labute approximate surface area is 215 Å². The van der Waals surface area contributed by atoms with Crippen LogP contribution in [0.1, 0.15) is 45.6 Å². The first-order chi connectivity index (χ1) is 17.2. The van der Waals surface area contributed by atoms with Gasteiger partial charge < -0.3 is 28.6 Å². The minimum Gasteiger partial charge on any atom is -0.492 e. The normalized spacial score (nSPS) is 33.1. The molecule has 6 unspecified atom stereocenters. The van der Waals surface area contributed by atoms with E-state index in [2.05, 4.69) is 31.7 Å². The molecule has 0 bridgehead atoms. The van der Waals surface area contributed by atoms with E-state index in [0.717, 1.165) is 30.7 Å². The maximum atomic E-state index is 12.7. The molecule has 3 aliphatic rings. The van der Waals surface area contributed by atoms with Gasteiger partial charge in [0.05, 0.1) is 18.6 Å². The first-order valence-corrected chi connectivity index (χ1v) is 12.9. The Hall–Kier alpha value is -2.19. The Bertz CT molecular complexity index is 962. The molecule has 1 saturated carbocycles. The highest BCUT2D eigenvalue weighted by atomic mass is 16.6. The lowest BCUT2D eigenvalue weighted by Crippen LogP contribution is -2.55. The van der Waals surface area contributed by atoms with Crippen LogP contribution in [0.2, 0.25) is 0 Å². The second kappa shape index (κ2) is 11.1. The molecular formula is C29H41NO6. The van der Waals surface area contributed by atoms with E-state index in [9.17, 15) is 4.79 Å². The maximum Gasteiger partial charge on any atom is 0.331 e. The van der Waals surface area contributed by atoms with Gasteiger partial charge in [-0.25, -0.2) is 4.79 Å². The number of hydrogen-bond donors (Lipinski definition) is 0. The Morgan fingerprint density at radius 2 is 1.94 bits per heavy atom. The minimum absolute atomic E-state index is 0.0149. The lowest BCUT2D eigenvalue weighted by Gasteiger charge is -2.42. The molecule has 3 fully saturated rings. The van der Waals surface area contributed by atoms with Crippen molar-refractivity contribution in [2.75, 3.05) is 41.0 Å². The van der Waals surface area contributed by atoms with Crippen LogP contribution in [0, 0.1) is 5.92 Å². The Balaban J connectivity index is 1.36. The number of likely N-dealkylation sites (N-methyl/N-ethyl adjacent to an activating group) is 1. The topological polar surface area (TPSA) is 73.1 Å². The number of esters is 1. The summed E-state index contributed by atoms with van der Waals surface area (Å²) in [4.78, 5) is 14.8. The van der Waals surface area contributed by atoms with Crippen molar-refractivity contribution in [3.05, 3.63) is 47.6 Å². The van der Waals surface area contributed by atoms with Gasteiger partial charge in [0.1, 0.15) is 35.8 Å². The van der Waals surface area contributed by atoms with Gasteiger partial charge in [0, 0.05) is 19.7 Å². The van der Waals surface area contributed by atoms with E-state index >= 15 is 0 Å². The maximum absolute atomic E-state index is 12.7. The van der Waals surface area contributed by atoms with Gasteiger partial charge in [0.2, 0.25) is 0 Å². The van der Waals surface area contributed by atoms with Gasteiger partial charge in [-0.15, -0.1) is 0 Å². The van der Waals surface area contributed by atoms with Gasteiger partial charge in [-0.3, -0.25) is 0 Å². The van der Waals surface area contributed by atoms with Gasteiger partial charge in [-0.1, -0.05) is 23.8 Å². The molecule has 0 N–H and O–H groups in total. The third kappa shape index (κ3) is 6.20. The molecule has 4 rings (SSSR count). The number of methoxy groups -OCH3 is 1. The van der Waals surface area contributed by atoms with Gasteiger partial charge >= 0.3 is 5.97 Å². The van der Waals surface area contributed by atoms with Crippen molar-refractivity contribution in [1.29, 1.82) is 0 Å². The van der Waals surface area contributed by atoms with Crippen LogP contribution >= 0.6 is 0 Å². The van der Waals surface area contributed by atoms with Crippen LogP contribution in [0.4, 0.5) is 0 Å². The van der Waals surface area contributed by atoms with E-state index < -0.39 is 0 Å². The quantitative estimate of drug-likeness (QED) is 0.195. The lowest BCUT2D eigenvalue weighted by molar-refractivity contribution is -0.166. The molecule has 2 heterocycles. The molecule has 2 aliphatic heterocycles. The number of rotatable bonds is 11. The zero-order valence-corrected chi connectivity index (χ0v) is 22.5. The predicted molar refractivity (Wildman–Crippen MR) is 139 cm³/mol. The number of nitrogens with zero attached hydrogens (tertiary/aromatic N) is 1. The van der Waals surface area contributed by atoms with Gasteiger partial charge in [-0.05, 0) is 77.9 Å². The molecule has 6 atom stereocenters. The molecule has 1 aromatic rings. The number of allylic oxidation sites excluding steroid dienone is 1. The molecule has 0 amide bonds. The summed E-state index contributed by atoms with van der Waals surface area (Å²) in [5, 5.41) is 0. The largest absolute Gasteiger partial charge is 0.492 e. The minimum atomic E-state index is -0.372. The number of benzene rings is 1. The molecule has 7 nitrogen and oxygen atoms in total. The Morgan fingerprint density at radius 1 is 1.22 bits per heavy atom. The molecule has 36 heavy (non-hydrogen) atoms. The fourth-order valence-electron chi connectivity index (χ4n) is 5.44. The predicted octanol–water partition coefficient (Wildman–Crippen LogP) is 4.26. The van der Waals surface area contributed by atoms with Crippen molar-refractivity contribution >= 4 is 12.0 Å². The van der Waals surface area contributed by atoms with Crippen LogP contribution in [0.25, 0.3) is 6.08 Å². The number of ether oxygens (including phenoxy) is 5. The second-order valence-corrected chi connectivity index (χ2v) is 10.9. The highest BCUT2D eigenvalue weighted by Gasteiger charge is 2.72. The van der Waals surface area contributed by atoms with Crippen molar-refractivity contribution < 1.29 is 28.5 Å². The Kier molecular flexibility index (Phi) is 8.25. The first-order valence-electron chi connectivity index (χ1n) is 12.9. The zero-order valence-electron chi connectivity index (χ0n) is 22.5. The summed E-state index contributed by atoms with van der Waals surface area (Å²) in [6.07, 6.45) is 7.38. The summed E-state index contributed by atoms with van der Waals surface area (Å²) in [7, 11) is 5.72. The molecule has 0 aromatic heterocycles. The first kappa shape index (κ1) is 26.9. The number of carbonyl (C=O) groups is 1. The Morgan fingerprint density at radius 3 is 2.56 bits per heavy atom. The fraction of sp³-hybridized carbons (Fsp3) is 0.621. The van der Waals surface area contributed by atoms with Crippen molar-refractivity contribution in [2.45, 2.75) is 69.5 Å². The monoisotopic (exact) mass is 499 g/mol. The molecule has 1 spiro atoms. The van der Waals surface area contributed by atoms with Crippen LogP contribution in [0.5, 0.6) is 5.75 Å².